The lowest BCUT2D eigenvalue weighted by atomic mass is 10.1. The minimum Gasteiger partial charge on any atom is -0.379 e. The van der Waals surface area contributed by atoms with Crippen LogP contribution in [0.1, 0.15) is 17.5 Å². The summed E-state index contributed by atoms with van der Waals surface area (Å²) >= 11 is 0. The maximum Gasteiger partial charge on any atom is 0.319 e. The van der Waals surface area contributed by atoms with E-state index in [1.165, 1.54) is 12.1 Å². The molecule has 1 saturated heterocycles. The molecule has 6 heteroatoms. The second kappa shape index (κ2) is 5.85. The van der Waals surface area contributed by atoms with Gasteiger partial charge >= 0.3 is 6.03 Å². The Hall–Kier alpha value is -2.57. The number of ether oxygens (including phenoxy) is 1. The molecule has 1 aromatic rings. The van der Waals surface area contributed by atoms with Crippen molar-refractivity contribution in [3.63, 3.8) is 0 Å². The number of carbonyl (C=O) groups is 1. The third kappa shape index (κ3) is 3.21. The van der Waals surface area contributed by atoms with Gasteiger partial charge in [0.1, 0.15) is 12.1 Å². The number of rotatable bonds is 2. The van der Waals surface area contributed by atoms with Crippen LogP contribution in [0.3, 0.4) is 0 Å². The van der Waals surface area contributed by atoms with Crippen LogP contribution in [0.15, 0.2) is 18.2 Å². The summed E-state index contributed by atoms with van der Waals surface area (Å²) in [7, 11) is 0. The van der Waals surface area contributed by atoms with Crippen molar-refractivity contribution in [3.05, 3.63) is 29.3 Å². The van der Waals surface area contributed by atoms with Gasteiger partial charge in [-0.05, 0) is 24.6 Å². The molecule has 0 spiro atoms. The number of hydrogen-bond donors (Lipinski definition) is 2. The van der Waals surface area contributed by atoms with Gasteiger partial charge in [-0.25, -0.2) is 4.79 Å². The summed E-state index contributed by atoms with van der Waals surface area (Å²) in [6.45, 7) is 1.17. The highest BCUT2D eigenvalue weighted by molar-refractivity contribution is 5.89. The predicted molar refractivity (Wildman–Crippen MR) is 67.3 cm³/mol. The fourth-order valence-electron chi connectivity index (χ4n) is 1.81. The molecule has 1 aliphatic rings. The fourth-order valence-corrected chi connectivity index (χ4v) is 1.81. The number of benzene rings is 1. The Labute approximate surface area is 110 Å². The van der Waals surface area contributed by atoms with E-state index in [4.69, 9.17) is 15.3 Å². The Balaban J connectivity index is 2.01. The van der Waals surface area contributed by atoms with Gasteiger partial charge in [0, 0.05) is 12.3 Å². The zero-order chi connectivity index (χ0) is 13.7. The molecule has 1 heterocycles. The largest absolute Gasteiger partial charge is 0.379 e. The van der Waals surface area contributed by atoms with Crippen molar-refractivity contribution >= 4 is 11.7 Å². The van der Waals surface area contributed by atoms with Crippen molar-refractivity contribution in [1.29, 1.82) is 10.5 Å². The summed E-state index contributed by atoms with van der Waals surface area (Å²) in [6.07, 6.45) is 0.796. The highest BCUT2D eigenvalue weighted by Gasteiger charge is 2.17. The van der Waals surface area contributed by atoms with Crippen molar-refractivity contribution in [2.24, 2.45) is 0 Å². The topological polar surface area (TPSA) is 97.9 Å². The lowest BCUT2D eigenvalue weighted by Gasteiger charge is -2.12. The summed E-state index contributed by atoms with van der Waals surface area (Å²) in [6, 6.07) is 8.09. The Kier molecular flexibility index (Phi) is 3.97. The smallest absolute Gasteiger partial charge is 0.319 e. The van der Waals surface area contributed by atoms with E-state index in [1.807, 2.05) is 12.1 Å². The molecule has 0 saturated carbocycles. The maximum absolute atomic E-state index is 11.7. The van der Waals surface area contributed by atoms with E-state index >= 15 is 0 Å². The van der Waals surface area contributed by atoms with Crippen LogP contribution >= 0.6 is 0 Å². The molecule has 0 aliphatic carbocycles. The molecule has 1 atom stereocenters. The molecule has 1 fully saturated rings. The Bertz CT molecular complexity index is 565. The molecular formula is C13H12N4O2. The second-order valence-electron chi connectivity index (χ2n) is 4.14. The lowest BCUT2D eigenvalue weighted by molar-refractivity contribution is 0.189. The number of hydrogen-bond acceptors (Lipinski definition) is 4. The van der Waals surface area contributed by atoms with Gasteiger partial charge in [0.25, 0.3) is 0 Å². The first kappa shape index (κ1) is 12.9. The highest BCUT2D eigenvalue weighted by Crippen LogP contribution is 2.14. The molecule has 1 aliphatic heterocycles. The molecule has 6 nitrogen and oxygen atoms in total. The normalized spacial score (nSPS) is 17.3. The van der Waals surface area contributed by atoms with Crippen LogP contribution in [0.5, 0.6) is 0 Å². The van der Waals surface area contributed by atoms with Crippen LogP contribution in [-0.2, 0) is 4.74 Å². The molecule has 0 radical (unpaired) electrons. The molecular weight excluding hydrogens is 244 g/mol. The first-order valence-corrected chi connectivity index (χ1v) is 5.82. The minimum absolute atomic E-state index is 0.0221. The first-order chi connectivity index (χ1) is 9.22. The summed E-state index contributed by atoms with van der Waals surface area (Å²) < 4.78 is 5.15. The summed E-state index contributed by atoms with van der Waals surface area (Å²) in [4.78, 5) is 11.7. The highest BCUT2D eigenvalue weighted by atomic mass is 16.5. The SMILES string of the molecule is N#Cc1ccc(NC(=O)NC2CCOC2)cc1C#N. The van der Waals surface area contributed by atoms with Gasteiger partial charge in [-0.2, -0.15) is 10.5 Å². The van der Waals surface area contributed by atoms with Crippen molar-refractivity contribution in [2.45, 2.75) is 12.5 Å². The molecule has 96 valence electrons. The van der Waals surface area contributed by atoms with Crippen molar-refractivity contribution in [2.75, 3.05) is 18.5 Å². The number of nitrogens with one attached hydrogen (secondary N) is 2. The maximum atomic E-state index is 11.7. The summed E-state index contributed by atoms with van der Waals surface area (Å²) in [5.74, 6) is 0. The summed E-state index contributed by atoms with van der Waals surface area (Å²) in [5.41, 5.74) is 1.01. The average Bonchev–Trinajstić information content (AvgIpc) is 2.91. The van der Waals surface area contributed by atoms with Crippen molar-refractivity contribution in [3.8, 4) is 12.1 Å². The monoisotopic (exact) mass is 256 g/mol. The zero-order valence-corrected chi connectivity index (χ0v) is 10.1. The van der Waals surface area contributed by atoms with E-state index < -0.39 is 0 Å². The van der Waals surface area contributed by atoms with Gasteiger partial charge in [0.2, 0.25) is 0 Å². The Morgan fingerprint density at radius 1 is 1.32 bits per heavy atom. The third-order valence-electron chi connectivity index (χ3n) is 2.78. The van der Waals surface area contributed by atoms with E-state index in [1.54, 1.807) is 6.07 Å². The van der Waals surface area contributed by atoms with Crippen LogP contribution in [0, 0.1) is 22.7 Å². The summed E-state index contributed by atoms with van der Waals surface area (Å²) in [5, 5.41) is 23.1. The Morgan fingerprint density at radius 3 is 2.74 bits per heavy atom. The van der Waals surface area contributed by atoms with Crippen LogP contribution < -0.4 is 10.6 Å². The Morgan fingerprint density at radius 2 is 2.11 bits per heavy atom. The number of nitriles is 2. The molecule has 2 rings (SSSR count). The van der Waals surface area contributed by atoms with Crippen LogP contribution in [-0.4, -0.2) is 25.3 Å². The van der Waals surface area contributed by atoms with E-state index in [0.717, 1.165) is 6.42 Å². The van der Waals surface area contributed by atoms with Crippen molar-refractivity contribution in [1.82, 2.24) is 5.32 Å². The van der Waals surface area contributed by atoms with Crippen LogP contribution in [0.25, 0.3) is 0 Å². The van der Waals surface area contributed by atoms with Crippen LogP contribution in [0.2, 0.25) is 0 Å². The number of nitrogens with zero attached hydrogens (tertiary/aromatic N) is 2. The quantitative estimate of drug-likeness (QED) is 0.834. The average molecular weight is 256 g/mol. The first-order valence-electron chi connectivity index (χ1n) is 5.82. The van der Waals surface area contributed by atoms with Crippen LogP contribution in [0.4, 0.5) is 10.5 Å². The molecule has 19 heavy (non-hydrogen) atoms. The number of amides is 2. The van der Waals surface area contributed by atoms with Gasteiger partial charge in [-0.3, -0.25) is 0 Å². The van der Waals surface area contributed by atoms with Gasteiger partial charge in [0.05, 0.1) is 23.8 Å². The zero-order valence-electron chi connectivity index (χ0n) is 10.1. The molecule has 2 N–H and O–H groups in total. The fraction of sp³-hybridized carbons (Fsp3) is 0.308. The van der Waals surface area contributed by atoms with Gasteiger partial charge in [-0.15, -0.1) is 0 Å². The second-order valence-corrected chi connectivity index (χ2v) is 4.14. The number of anilines is 1. The predicted octanol–water partition coefficient (Wildman–Crippen LogP) is 1.34. The number of urea groups is 1. The van der Waals surface area contributed by atoms with Gasteiger partial charge in [-0.1, -0.05) is 0 Å². The lowest BCUT2D eigenvalue weighted by Crippen LogP contribution is -2.38. The minimum atomic E-state index is -0.343. The van der Waals surface area contributed by atoms with E-state index in [0.29, 0.717) is 18.9 Å². The van der Waals surface area contributed by atoms with E-state index in [-0.39, 0.29) is 23.2 Å². The van der Waals surface area contributed by atoms with Crippen molar-refractivity contribution < 1.29 is 9.53 Å². The molecule has 0 aromatic heterocycles. The van der Waals surface area contributed by atoms with Gasteiger partial charge in [0.15, 0.2) is 0 Å². The van der Waals surface area contributed by atoms with E-state index in [2.05, 4.69) is 10.6 Å². The molecule has 2 amide bonds. The molecule has 1 aromatic carbocycles. The standard InChI is InChI=1S/C13H12N4O2/c14-6-9-1-2-11(5-10(9)7-15)16-13(18)17-12-3-4-19-8-12/h1-2,5,12H,3-4,8H2,(H2,16,17,18). The third-order valence-corrected chi connectivity index (χ3v) is 2.78. The molecule has 0 bridgehead atoms. The van der Waals surface area contributed by atoms with Gasteiger partial charge < -0.3 is 15.4 Å². The number of carbonyl (C=O) groups excluding carboxylic acids is 1. The van der Waals surface area contributed by atoms with E-state index in [9.17, 15) is 4.79 Å². The molecule has 1 unspecified atom stereocenters.